The smallest absolute Gasteiger partial charge is 0.264 e. The zero-order valence-electron chi connectivity index (χ0n) is 14.6. The van der Waals surface area contributed by atoms with Gasteiger partial charge in [0.25, 0.3) is 11.1 Å². The predicted octanol–water partition coefficient (Wildman–Crippen LogP) is 3.22. The number of nitrogens with one attached hydrogen (secondary N) is 2. The number of nitrogens with zero attached hydrogens (tertiary/aromatic N) is 2. The molecule has 0 bridgehead atoms. The van der Waals surface area contributed by atoms with E-state index in [0.29, 0.717) is 17.5 Å². The third kappa shape index (κ3) is 3.19. The van der Waals surface area contributed by atoms with Crippen LogP contribution in [0.3, 0.4) is 0 Å². The molecule has 136 valence electrons. The molecule has 0 amide bonds. The number of thiophene rings is 1. The molecule has 0 aromatic carbocycles. The molecule has 0 saturated heterocycles. The number of aromatic amines is 2. The third-order valence-corrected chi connectivity index (χ3v) is 6.69. The first-order chi connectivity index (χ1) is 12.5. The van der Waals surface area contributed by atoms with Crippen molar-refractivity contribution in [3.05, 3.63) is 55.1 Å². The number of H-pyrrole nitrogens is 2. The molecule has 1 aliphatic rings. The van der Waals surface area contributed by atoms with Crippen LogP contribution < -0.4 is 11.1 Å². The zero-order valence-corrected chi connectivity index (χ0v) is 16.2. The Bertz CT molecular complexity index is 1100. The van der Waals surface area contributed by atoms with E-state index in [4.69, 9.17) is 4.98 Å². The second-order valence-electron chi connectivity index (χ2n) is 6.71. The van der Waals surface area contributed by atoms with E-state index in [1.807, 2.05) is 6.92 Å². The molecule has 1 aliphatic carbocycles. The van der Waals surface area contributed by atoms with Gasteiger partial charge in [-0.05, 0) is 38.2 Å². The number of allylic oxidation sites excluding steroid dienone is 1. The predicted molar refractivity (Wildman–Crippen MR) is 106 cm³/mol. The highest BCUT2D eigenvalue weighted by Crippen LogP contribution is 2.35. The van der Waals surface area contributed by atoms with Crippen molar-refractivity contribution in [3.8, 4) is 0 Å². The van der Waals surface area contributed by atoms with Gasteiger partial charge in [-0.2, -0.15) is 0 Å². The highest BCUT2D eigenvalue weighted by molar-refractivity contribution is 7.98. The van der Waals surface area contributed by atoms with Crippen LogP contribution in [0.25, 0.3) is 10.2 Å². The summed E-state index contributed by atoms with van der Waals surface area (Å²) in [6.45, 7) is 6.33. The van der Waals surface area contributed by atoms with Crippen LogP contribution in [0, 0.1) is 0 Å². The number of rotatable bonds is 5. The molecule has 0 spiro atoms. The summed E-state index contributed by atoms with van der Waals surface area (Å²) < 4.78 is 1.72. The molecular formula is C18H20N4O2S2. The Labute approximate surface area is 158 Å². The van der Waals surface area contributed by atoms with Gasteiger partial charge in [0.2, 0.25) is 0 Å². The van der Waals surface area contributed by atoms with Gasteiger partial charge in [0.15, 0.2) is 5.16 Å². The molecule has 6 nitrogen and oxygen atoms in total. The van der Waals surface area contributed by atoms with Gasteiger partial charge >= 0.3 is 0 Å². The molecule has 3 aromatic heterocycles. The van der Waals surface area contributed by atoms with Crippen molar-refractivity contribution in [2.24, 2.45) is 0 Å². The Morgan fingerprint density at radius 3 is 2.88 bits per heavy atom. The Morgan fingerprint density at radius 2 is 2.15 bits per heavy atom. The van der Waals surface area contributed by atoms with Crippen molar-refractivity contribution in [1.82, 2.24) is 19.7 Å². The molecule has 4 rings (SSSR count). The summed E-state index contributed by atoms with van der Waals surface area (Å²) in [4.78, 5) is 31.5. The Balaban J connectivity index is 1.80. The van der Waals surface area contributed by atoms with E-state index in [-0.39, 0.29) is 11.1 Å². The summed E-state index contributed by atoms with van der Waals surface area (Å²) in [7, 11) is 0. The summed E-state index contributed by atoms with van der Waals surface area (Å²) in [6.07, 6.45) is 4.33. The Hall–Kier alpha value is -2.06. The van der Waals surface area contributed by atoms with E-state index < -0.39 is 0 Å². The van der Waals surface area contributed by atoms with Crippen LogP contribution in [0.2, 0.25) is 0 Å². The maximum atomic E-state index is 13.2. The summed E-state index contributed by atoms with van der Waals surface area (Å²) in [5.74, 6) is 0.540. The molecule has 0 atom stereocenters. The number of aromatic nitrogens is 4. The first-order valence-electron chi connectivity index (χ1n) is 8.62. The maximum absolute atomic E-state index is 13.2. The van der Waals surface area contributed by atoms with Crippen LogP contribution in [0.4, 0.5) is 0 Å². The number of fused-ring (bicyclic) bond motifs is 3. The lowest BCUT2D eigenvalue weighted by Crippen LogP contribution is -2.24. The minimum Gasteiger partial charge on any atom is -0.301 e. The van der Waals surface area contributed by atoms with Gasteiger partial charge in [0.1, 0.15) is 4.83 Å². The lowest BCUT2D eigenvalue weighted by molar-refractivity contribution is 0.649. The lowest BCUT2D eigenvalue weighted by Gasteiger charge is -2.13. The van der Waals surface area contributed by atoms with E-state index in [1.165, 1.54) is 34.7 Å². The third-order valence-electron chi connectivity index (χ3n) is 4.48. The number of hydrogen-bond acceptors (Lipinski definition) is 5. The standard InChI is InChI=1S/C18H20N4O2S2/c1-10(2)8-22-17(24)15-12-5-3-4-6-13(12)26-16(15)19-18(22)25-9-11-7-14(23)21-20-11/h7H,1,3-6,8-9H2,2H3,(H2,20,21,23). The fourth-order valence-electron chi connectivity index (χ4n) is 3.33. The average Bonchev–Trinajstić information content (AvgIpc) is 3.18. The number of thioether (sulfide) groups is 1. The topological polar surface area (TPSA) is 83.5 Å². The lowest BCUT2D eigenvalue weighted by atomic mass is 9.97. The first kappa shape index (κ1) is 17.4. The Morgan fingerprint density at radius 1 is 1.35 bits per heavy atom. The van der Waals surface area contributed by atoms with Crippen molar-refractivity contribution in [1.29, 1.82) is 0 Å². The van der Waals surface area contributed by atoms with Crippen LogP contribution in [-0.2, 0) is 25.1 Å². The van der Waals surface area contributed by atoms with Gasteiger partial charge < -0.3 is 5.10 Å². The van der Waals surface area contributed by atoms with Gasteiger partial charge in [-0.15, -0.1) is 11.3 Å². The van der Waals surface area contributed by atoms with E-state index >= 15 is 0 Å². The van der Waals surface area contributed by atoms with Crippen molar-refractivity contribution >= 4 is 33.3 Å². The van der Waals surface area contributed by atoms with Gasteiger partial charge in [0, 0.05) is 28.9 Å². The van der Waals surface area contributed by atoms with Crippen LogP contribution in [0.1, 0.15) is 35.9 Å². The molecule has 0 unspecified atom stereocenters. The molecule has 8 heteroatoms. The number of hydrogen-bond donors (Lipinski definition) is 2. The quantitative estimate of drug-likeness (QED) is 0.399. The molecule has 3 heterocycles. The van der Waals surface area contributed by atoms with E-state index in [9.17, 15) is 9.59 Å². The van der Waals surface area contributed by atoms with E-state index in [1.54, 1.807) is 15.9 Å². The van der Waals surface area contributed by atoms with Crippen molar-refractivity contribution in [2.45, 2.75) is 50.1 Å². The molecule has 26 heavy (non-hydrogen) atoms. The van der Waals surface area contributed by atoms with E-state index in [0.717, 1.165) is 40.7 Å². The normalized spacial score (nSPS) is 13.9. The van der Waals surface area contributed by atoms with Crippen molar-refractivity contribution in [2.75, 3.05) is 0 Å². The highest BCUT2D eigenvalue weighted by atomic mass is 32.2. The average molecular weight is 389 g/mol. The summed E-state index contributed by atoms with van der Waals surface area (Å²) in [6, 6.07) is 1.52. The SMILES string of the molecule is C=C(C)Cn1c(SCc2cc(=O)[nH][nH]2)nc2sc3c(c2c1=O)CCCC3. The van der Waals surface area contributed by atoms with Crippen LogP contribution in [0.15, 0.2) is 33.0 Å². The molecule has 0 saturated carbocycles. The van der Waals surface area contributed by atoms with E-state index in [2.05, 4.69) is 16.8 Å². The van der Waals surface area contributed by atoms with Gasteiger partial charge in [-0.3, -0.25) is 19.3 Å². The zero-order chi connectivity index (χ0) is 18.3. The van der Waals surface area contributed by atoms with Gasteiger partial charge in [0.05, 0.1) is 5.39 Å². The fraction of sp³-hybridized carbons (Fsp3) is 0.389. The minimum absolute atomic E-state index is 0.0301. The Kier molecular flexibility index (Phi) is 4.62. The second-order valence-corrected chi connectivity index (χ2v) is 8.73. The molecule has 0 fully saturated rings. The van der Waals surface area contributed by atoms with Gasteiger partial charge in [-0.1, -0.05) is 23.9 Å². The number of aryl methyl sites for hydroxylation is 2. The molecule has 0 radical (unpaired) electrons. The first-order valence-corrected chi connectivity index (χ1v) is 10.4. The maximum Gasteiger partial charge on any atom is 0.264 e. The monoisotopic (exact) mass is 388 g/mol. The molecule has 3 aromatic rings. The molecular weight excluding hydrogens is 368 g/mol. The van der Waals surface area contributed by atoms with Crippen LogP contribution in [-0.4, -0.2) is 19.7 Å². The largest absolute Gasteiger partial charge is 0.301 e. The van der Waals surface area contributed by atoms with Crippen LogP contribution >= 0.6 is 23.1 Å². The van der Waals surface area contributed by atoms with Crippen molar-refractivity contribution < 1.29 is 0 Å². The molecule has 2 N–H and O–H groups in total. The minimum atomic E-state index is -0.158. The highest BCUT2D eigenvalue weighted by Gasteiger charge is 2.22. The second kappa shape index (κ2) is 6.92. The summed E-state index contributed by atoms with van der Waals surface area (Å²) in [5.41, 5.74) is 2.77. The van der Waals surface area contributed by atoms with Crippen molar-refractivity contribution in [3.63, 3.8) is 0 Å². The van der Waals surface area contributed by atoms with Crippen LogP contribution in [0.5, 0.6) is 0 Å². The summed E-state index contributed by atoms with van der Waals surface area (Å²) >= 11 is 3.11. The molecule has 0 aliphatic heterocycles. The fourth-order valence-corrected chi connectivity index (χ4v) is 5.54. The summed E-state index contributed by atoms with van der Waals surface area (Å²) in [5, 5.41) is 6.84. The van der Waals surface area contributed by atoms with Gasteiger partial charge in [-0.25, -0.2) is 4.98 Å².